The summed E-state index contributed by atoms with van der Waals surface area (Å²) >= 11 is 0. The van der Waals surface area contributed by atoms with Crippen LogP contribution in [0.15, 0.2) is 54.6 Å². The minimum atomic E-state index is -4.18. The maximum Gasteiger partial charge on any atom is 0.389 e. The highest BCUT2D eigenvalue weighted by molar-refractivity contribution is 6.23. The zero-order valence-electron chi connectivity index (χ0n) is 12.9. The third-order valence-electron chi connectivity index (χ3n) is 4.70. The van der Waals surface area contributed by atoms with Crippen molar-refractivity contribution < 1.29 is 13.2 Å². The monoisotopic (exact) mass is 327 g/mol. The average Bonchev–Trinajstić information content (AvgIpc) is 2.57. The Morgan fingerprint density at radius 1 is 0.792 bits per heavy atom. The first-order valence-corrected chi connectivity index (χ1v) is 7.93. The van der Waals surface area contributed by atoms with E-state index in [0.717, 1.165) is 37.9 Å². The predicted molar refractivity (Wildman–Crippen MR) is 92.4 cm³/mol. The van der Waals surface area contributed by atoms with E-state index in [-0.39, 0.29) is 6.42 Å². The summed E-state index contributed by atoms with van der Waals surface area (Å²) in [4.78, 5) is 0. The molecule has 0 amide bonds. The summed E-state index contributed by atoms with van der Waals surface area (Å²) < 4.78 is 37.5. The molecule has 4 rings (SSSR count). The summed E-state index contributed by atoms with van der Waals surface area (Å²) in [6, 6.07) is 17.4. The first-order valence-electron chi connectivity index (χ1n) is 7.93. The van der Waals surface area contributed by atoms with Crippen LogP contribution >= 0.6 is 0 Å². The van der Waals surface area contributed by atoms with Gasteiger partial charge < -0.3 is 5.73 Å². The van der Waals surface area contributed by atoms with Crippen molar-refractivity contribution in [1.82, 2.24) is 0 Å². The molecule has 0 heterocycles. The molecule has 1 atom stereocenters. The normalized spacial score (nSPS) is 14.0. The van der Waals surface area contributed by atoms with E-state index < -0.39 is 18.6 Å². The van der Waals surface area contributed by atoms with Gasteiger partial charge >= 0.3 is 6.18 Å². The van der Waals surface area contributed by atoms with E-state index in [1.165, 1.54) is 0 Å². The van der Waals surface area contributed by atoms with E-state index in [0.29, 0.717) is 0 Å². The minimum absolute atomic E-state index is 0.104. The highest BCUT2D eigenvalue weighted by Crippen LogP contribution is 2.38. The summed E-state index contributed by atoms with van der Waals surface area (Å²) in [6.45, 7) is 0. The smallest absolute Gasteiger partial charge is 0.324 e. The van der Waals surface area contributed by atoms with Gasteiger partial charge in [0.1, 0.15) is 0 Å². The van der Waals surface area contributed by atoms with Gasteiger partial charge in [0.15, 0.2) is 0 Å². The van der Waals surface area contributed by atoms with E-state index in [4.69, 9.17) is 5.73 Å². The van der Waals surface area contributed by atoms with Crippen LogP contribution in [0.3, 0.4) is 0 Å². The molecule has 0 bridgehead atoms. The van der Waals surface area contributed by atoms with E-state index in [1.807, 2.05) is 30.3 Å². The molecule has 0 unspecified atom stereocenters. The summed E-state index contributed by atoms with van der Waals surface area (Å²) in [5.41, 5.74) is 6.88. The Morgan fingerprint density at radius 3 is 2.04 bits per heavy atom. The van der Waals surface area contributed by atoms with E-state index in [1.54, 1.807) is 0 Å². The number of halogens is 3. The maximum atomic E-state index is 12.5. The lowest BCUT2D eigenvalue weighted by atomic mass is 9.89. The van der Waals surface area contributed by atoms with Gasteiger partial charge in [-0.25, -0.2) is 0 Å². The van der Waals surface area contributed by atoms with E-state index in [2.05, 4.69) is 24.3 Å². The van der Waals surface area contributed by atoms with Gasteiger partial charge in [-0.1, -0.05) is 54.6 Å². The zero-order chi connectivity index (χ0) is 16.9. The number of nitrogens with two attached hydrogens (primary N) is 1. The van der Waals surface area contributed by atoms with Gasteiger partial charge in [-0.3, -0.25) is 0 Å². The zero-order valence-corrected chi connectivity index (χ0v) is 12.9. The standard InChI is InChI=1S/C20H16F3N/c21-20(22,23)11-10-17(24)15-8-6-14-5-4-12-2-1-3-13-7-9-16(15)19(14)18(12)13/h1-9,17H,10-11,24H2/t17-/m0/s1. The second-order valence-corrected chi connectivity index (χ2v) is 6.27. The highest BCUT2D eigenvalue weighted by Gasteiger charge is 2.28. The van der Waals surface area contributed by atoms with Gasteiger partial charge in [-0.15, -0.1) is 0 Å². The van der Waals surface area contributed by atoms with Gasteiger partial charge in [0, 0.05) is 12.5 Å². The molecule has 0 radical (unpaired) electrons. The first-order chi connectivity index (χ1) is 11.4. The predicted octanol–water partition coefficient (Wildman–Crippen LogP) is 5.93. The van der Waals surface area contributed by atoms with Crippen LogP contribution in [-0.2, 0) is 0 Å². The van der Waals surface area contributed by atoms with Crippen molar-refractivity contribution >= 4 is 32.3 Å². The number of rotatable bonds is 3. The minimum Gasteiger partial charge on any atom is -0.324 e. The summed E-state index contributed by atoms with van der Waals surface area (Å²) in [7, 11) is 0. The van der Waals surface area contributed by atoms with Gasteiger partial charge in [0.25, 0.3) is 0 Å². The van der Waals surface area contributed by atoms with Crippen LogP contribution in [-0.4, -0.2) is 6.18 Å². The Bertz CT molecular complexity index is 1000. The fourth-order valence-corrected chi connectivity index (χ4v) is 3.56. The van der Waals surface area contributed by atoms with Crippen LogP contribution in [0, 0.1) is 0 Å². The van der Waals surface area contributed by atoms with Gasteiger partial charge in [0.2, 0.25) is 0 Å². The summed E-state index contributed by atoms with van der Waals surface area (Å²) in [6.07, 6.45) is -5.15. The third-order valence-corrected chi connectivity index (χ3v) is 4.70. The lowest BCUT2D eigenvalue weighted by Gasteiger charge is -2.18. The topological polar surface area (TPSA) is 26.0 Å². The Labute approximate surface area is 137 Å². The van der Waals surface area contributed by atoms with E-state index >= 15 is 0 Å². The van der Waals surface area contributed by atoms with E-state index in [9.17, 15) is 13.2 Å². The van der Waals surface area contributed by atoms with Crippen molar-refractivity contribution in [1.29, 1.82) is 0 Å². The van der Waals surface area contributed by atoms with Crippen LogP contribution in [0.5, 0.6) is 0 Å². The molecule has 4 heteroatoms. The molecule has 24 heavy (non-hydrogen) atoms. The Balaban J connectivity index is 1.91. The first kappa shape index (κ1) is 15.2. The number of benzene rings is 4. The molecule has 1 nitrogen and oxygen atoms in total. The van der Waals surface area contributed by atoms with Crippen molar-refractivity contribution in [3.8, 4) is 0 Å². The molecular weight excluding hydrogens is 311 g/mol. The van der Waals surface area contributed by atoms with Crippen molar-refractivity contribution in [3.63, 3.8) is 0 Å². The molecule has 0 aliphatic heterocycles. The molecular formula is C20H16F3N. The molecule has 2 N–H and O–H groups in total. The number of alkyl halides is 3. The molecule has 0 saturated heterocycles. The molecule has 0 aliphatic rings. The Kier molecular flexibility index (Phi) is 3.39. The van der Waals surface area contributed by atoms with Gasteiger partial charge in [-0.05, 0) is 44.3 Å². The molecule has 0 fully saturated rings. The van der Waals surface area contributed by atoms with Crippen LogP contribution in [0.1, 0.15) is 24.4 Å². The second kappa shape index (κ2) is 5.35. The fraction of sp³-hybridized carbons (Fsp3) is 0.200. The molecule has 122 valence electrons. The van der Waals surface area contributed by atoms with Crippen LogP contribution in [0.4, 0.5) is 13.2 Å². The van der Waals surface area contributed by atoms with Crippen LogP contribution in [0.25, 0.3) is 32.3 Å². The Morgan fingerprint density at radius 2 is 1.38 bits per heavy atom. The molecule has 0 spiro atoms. The number of hydrogen-bond donors (Lipinski definition) is 1. The van der Waals surface area contributed by atoms with Crippen molar-refractivity contribution in [2.45, 2.75) is 25.1 Å². The van der Waals surface area contributed by atoms with Crippen LogP contribution in [0.2, 0.25) is 0 Å². The number of hydrogen-bond acceptors (Lipinski definition) is 1. The van der Waals surface area contributed by atoms with Crippen molar-refractivity contribution in [2.24, 2.45) is 5.73 Å². The third kappa shape index (κ3) is 2.47. The SMILES string of the molecule is N[C@@H](CCC(F)(F)F)c1ccc2ccc3cccc4ccc1c2c34. The van der Waals surface area contributed by atoms with Gasteiger partial charge in [-0.2, -0.15) is 13.2 Å². The molecule has 0 aromatic heterocycles. The molecule has 4 aromatic carbocycles. The molecule has 4 aromatic rings. The Hall–Kier alpha value is -2.33. The fourth-order valence-electron chi connectivity index (χ4n) is 3.56. The second-order valence-electron chi connectivity index (χ2n) is 6.27. The largest absolute Gasteiger partial charge is 0.389 e. The van der Waals surface area contributed by atoms with Crippen LogP contribution < -0.4 is 5.73 Å². The molecule has 0 aliphatic carbocycles. The quantitative estimate of drug-likeness (QED) is 0.464. The highest BCUT2D eigenvalue weighted by atomic mass is 19.4. The lowest BCUT2D eigenvalue weighted by molar-refractivity contribution is -0.136. The maximum absolute atomic E-state index is 12.5. The summed E-state index contributed by atoms with van der Waals surface area (Å²) in [5, 5.41) is 6.54. The van der Waals surface area contributed by atoms with Crippen molar-refractivity contribution in [2.75, 3.05) is 0 Å². The van der Waals surface area contributed by atoms with Gasteiger partial charge in [0.05, 0.1) is 0 Å². The lowest BCUT2D eigenvalue weighted by Crippen LogP contribution is -2.16. The van der Waals surface area contributed by atoms with Crippen molar-refractivity contribution in [3.05, 3.63) is 60.2 Å². The molecule has 0 saturated carbocycles. The average molecular weight is 327 g/mol. The summed E-state index contributed by atoms with van der Waals surface area (Å²) in [5.74, 6) is 0.